The minimum atomic E-state index is -0.0837. The fourth-order valence-corrected chi connectivity index (χ4v) is 4.19. The number of ether oxygens (including phenoxy) is 2. The molecule has 5 nitrogen and oxygen atoms in total. The molecule has 0 bridgehead atoms. The lowest BCUT2D eigenvalue weighted by Crippen LogP contribution is -2.44. The largest absolute Gasteiger partial charge is 0.486 e. The Kier molecular flexibility index (Phi) is 4.15. The van der Waals surface area contributed by atoms with Gasteiger partial charge in [-0.15, -0.1) is 0 Å². The maximum atomic E-state index is 12.7. The van der Waals surface area contributed by atoms with Gasteiger partial charge in [0.2, 0.25) is 0 Å². The predicted octanol–water partition coefficient (Wildman–Crippen LogP) is 3.38. The molecule has 0 radical (unpaired) electrons. The number of fused-ring (bicyclic) bond motifs is 2. The second-order valence-electron chi connectivity index (χ2n) is 7.71. The minimum Gasteiger partial charge on any atom is -0.486 e. The lowest BCUT2D eigenvalue weighted by molar-refractivity contribution is 0.171. The third-order valence-electron chi connectivity index (χ3n) is 5.69. The highest BCUT2D eigenvalue weighted by atomic mass is 16.6. The van der Waals surface area contributed by atoms with Crippen molar-refractivity contribution in [2.45, 2.75) is 37.8 Å². The molecular formula is C22H24N2O3. The molecule has 5 heteroatoms. The van der Waals surface area contributed by atoms with Crippen LogP contribution in [0.3, 0.4) is 0 Å². The molecular weight excluding hydrogens is 340 g/mol. The van der Waals surface area contributed by atoms with E-state index in [0.717, 1.165) is 42.7 Å². The van der Waals surface area contributed by atoms with E-state index in [2.05, 4.69) is 34.9 Å². The molecule has 1 aliphatic heterocycles. The molecule has 2 N–H and O–H groups in total. The zero-order valence-corrected chi connectivity index (χ0v) is 15.2. The Labute approximate surface area is 159 Å². The molecule has 3 aliphatic rings. The van der Waals surface area contributed by atoms with Crippen molar-refractivity contribution in [3.05, 3.63) is 59.2 Å². The van der Waals surface area contributed by atoms with Gasteiger partial charge in [0, 0.05) is 6.04 Å². The number of hydrogen-bond donors (Lipinski definition) is 2. The van der Waals surface area contributed by atoms with Crippen LogP contribution in [-0.4, -0.2) is 25.3 Å². The Bertz CT molecular complexity index is 837. The van der Waals surface area contributed by atoms with Crippen LogP contribution >= 0.6 is 0 Å². The molecule has 1 unspecified atom stereocenters. The van der Waals surface area contributed by atoms with Crippen molar-refractivity contribution >= 4 is 6.03 Å². The van der Waals surface area contributed by atoms with E-state index >= 15 is 0 Å². The van der Waals surface area contributed by atoms with Gasteiger partial charge in [-0.25, -0.2) is 4.79 Å². The topological polar surface area (TPSA) is 59.6 Å². The monoisotopic (exact) mass is 364 g/mol. The van der Waals surface area contributed by atoms with Crippen LogP contribution in [0, 0.1) is 5.92 Å². The van der Waals surface area contributed by atoms with E-state index in [1.54, 1.807) is 0 Å². The quantitative estimate of drug-likeness (QED) is 0.874. The van der Waals surface area contributed by atoms with E-state index in [1.165, 1.54) is 11.1 Å². The van der Waals surface area contributed by atoms with E-state index < -0.39 is 0 Å². The summed E-state index contributed by atoms with van der Waals surface area (Å²) in [6.07, 6.45) is 4.10. The number of amides is 2. The fourth-order valence-electron chi connectivity index (χ4n) is 4.19. The number of carbonyl (C=O) groups is 1. The van der Waals surface area contributed by atoms with Gasteiger partial charge in [0.15, 0.2) is 11.5 Å². The second kappa shape index (κ2) is 6.80. The first-order chi connectivity index (χ1) is 13.3. The Morgan fingerprint density at radius 1 is 0.963 bits per heavy atom. The molecule has 1 heterocycles. The van der Waals surface area contributed by atoms with Crippen molar-refractivity contribution in [2.75, 3.05) is 13.2 Å². The summed E-state index contributed by atoms with van der Waals surface area (Å²) in [6, 6.07) is 14.5. The van der Waals surface area contributed by atoms with Crippen LogP contribution in [0.1, 0.15) is 35.6 Å². The Morgan fingerprint density at radius 3 is 2.37 bits per heavy atom. The summed E-state index contributed by atoms with van der Waals surface area (Å²) in [7, 11) is 0. The molecule has 2 amide bonds. The van der Waals surface area contributed by atoms with Gasteiger partial charge < -0.3 is 20.1 Å². The van der Waals surface area contributed by atoms with Crippen LogP contribution in [0.15, 0.2) is 42.5 Å². The van der Waals surface area contributed by atoms with Crippen molar-refractivity contribution in [1.82, 2.24) is 10.6 Å². The van der Waals surface area contributed by atoms with Crippen LogP contribution in [-0.2, 0) is 12.8 Å². The number of rotatable bonds is 4. The standard InChI is InChI=1S/C22H24N2O3/c25-22(23-18-11-15-3-1-2-4-16(15)12-18)24-21(14-5-6-14)17-7-8-19-20(13-17)27-10-9-26-19/h1-4,7-8,13-14,18,21H,5-6,9-12H2,(H2,23,24,25). The summed E-state index contributed by atoms with van der Waals surface area (Å²) in [6.45, 7) is 1.16. The van der Waals surface area contributed by atoms with Crippen LogP contribution in [0.5, 0.6) is 11.5 Å². The molecule has 5 rings (SSSR count). The fraction of sp³-hybridized carbons (Fsp3) is 0.409. The number of carbonyl (C=O) groups excluding carboxylic acids is 1. The van der Waals surface area contributed by atoms with Crippen molar-refractivity contribution in [3.8, 4) is 11.5 Å². The Hall–Kier alpha value is -2.69. The first-order valence-corrected chi connectivity index (χ1v) is 9.79. The zero-order chi connectivity index (χ0) is 18.2. The molecule has 0 saturated heterocycles. The average molecular weight is 364 g/mol. The number of hydrogen-bond acceptors (Lipinski definition) is 3. The molecule has 0 aromatic heterocycles. The van der Waals surface area contributed by atoms with Crippen molar-refractivity contribution < 1.29 is 14.3 Å². The first-order valence-electron chi connectivity index (χ1n) is 9.79. The first kappa shape index (κ1) is 16.5. The predicted molar refractivity (Wildman–Crippen MR) is 102 cm³/mol. The average Bonchev–Trinajstić information content (AvgIpc) is 3.45. The van der Waals surface area contributed by atoms with Gasteiger partial charge in [-0.2, -0.15) is 0 Å². The molecule has 2 aromatic rings. The summed E-state index contributed by atoms with van der Waals surface area (Å²) in [5.74, 6) is 2.06. The molecule has 0 spiro atoms. The SMILES string of the molecule is O=C(NC1Cc2ccccc2C1)NC(c1ccc2c(c1)OCCO2)C1CC1. The highest BCUT2D eigenvalue weighted by Gasteiger charge is 2.34. The lowest BCUT2D eigenvalue weighted by Gasteiger charge is -2.24. The number of benzene rings is 2. The van der Waals surface area contributed by atoms with Gasteiger partial charge in [-0.3, -0.25) is 0 Å². The maximum absolute atomic E-state index is 12.7. The van der Waals surface area contributed by atoms with E-state index in [4.69, 9.17) is 9.47 Å². The summed E-state index contributed by atoms with van der Waals surface area (Å²) in [4.78, 5) is 12.7. The van der Waals surface area contributed by atoms with Gasteiger partial charge in [0.05, 0.1) is 6.04 Å². The molecule has 1 atom stereocenters. The van der Waals surface area contributed by atoms with Crippen molar-refractivity contribution in [1.29, 1.82) is 0 Å². The number of urea groups is 1. The maximum Gasteiger partial charge on any atom is 0.315 e. The third-order valence-corrected chi connectivity index (χ3v) is 5.69. The third kappa shape index (κ3) is 3.46. The van der Waals surface area contributed by atoms with Crippen molar-refractivity contribution in [3.63, 3.8) is 0 Å². The minimum absolute atomic E-state index is 0.0182. The Morgan fingerprint density at radius 2 is 1.67 bits per heavy atom. The smallest absolute Gasteiger partial charge is 0.315 e. The summed E-state index contributed by atoms with van der Waals surface area (Å²) >= 11 is 0. The van der Waals surface area contributed by atoms with Gasteiger partial charge >= 0.3 is 6.03 Å². The lowest BCUT2D eigenvalue weighted by atomic mass is 10.0. The molecule has 2 aromatic carbocycles. The van der Waals surface area contributed by atoms with Gasteiger partial charge in [-0.1, -0.05) is 30.3 Å². The summed E-state index contributed by atoms with van der Waals surface area (Å²) in [5.41, 5.74) is 3.77. The highest BCUT2D eigenvalue weighted by molar-refractivity contribution is 5.75. The summed E-state index contributed by atoms with van der Waals surface area (Å²) < 4.78 is 11.3. The van der Waals surface area contributed by atoms with Gasteiger partial charge in [0.1, 0.15) is 13.2 Å². The molecule has 1 saturated carbocycles. The van der Waals surface area contributed by atoms with E-state index in [-0.39, 0.29) is 18.1 Å². The van der Waals surface area contributed by atoms with E-state index in [0.29, 0.717) is 19.1 Å². The highest BCUT2D eigenvalue weighted by Crippen LogP contribution is 2.43. The van der Waals surface area contributed by atoms with E-state index in [1.807, 2.05) is 18.2 Å². The van der Waals surface area contributed by atoms with Gasteiger partial charge in [0.25, 0.3) is 0 Å². The molecule has 27 heavy (non-hydrogen) atoms. The van der Waals surface area contributed by atoms with Crippen LogP contribution in [0.4, 0.5) is 4.79 Å². The second-order valence-corrected chi connectivity index (χ2v) is 7.71. The van der Waals surface area contributed by atoms with Crippen LogP contribution in [0.25, 0.3) is 0 Å². The zero-order valence-electron chi connectivity index (χ0n) is 15.2. The molecule has 140 valence electrons. The van der Waals surface area contributed by atoms with Gasteiger partial charge in [-0.05, 0) is 60.4 Å². The van der Waals surface area contributed by atoms with E-state index in [9.17, 15) is 4.79 Å². The van der Waals surface area contributed by atoms with Crippen LogP contribution in [0.2, 0.25) is 0 Å². The molecule has 1 fully saturated rings. The normalized spacial score (nSPS) is 19.3. The summed E-state index contributed by atoms with van der Waals surface area (Å²) in [5, 5.41) is 6.37. The molecule has 2 aliphatic carbocycles. The van der Waals surface area contributed by atoms with Crippen LogP contribution < -0.4 is 20.1 Å². The Balaban J connectivity index is 1.26. The number of nitrogens with one attached hydrogen (secondary N) is 2. The van der Waals surface area contributed by atoms with Crippen molar-refractivity contribution in [2.24, 2.45) is 5.92 Å².